The zero-order valence-corrected chi connectivity index (χ0v) is 13.3. The van der Waals surface area contributed by atoms with Crippen molar-refractivity contribution in [3.05, 3.63) is 95.6 Å². The van der Waals surface area contributed by atoms with E-state index < -0.39 is 11.6 Å². The third-order valence-electron chi connectivity index (χ3n) is 3.85. The molecule has 0 aromatic heterocycles. The standard InChI is InChI=1S/C21H17F2N/c1-15(20-11-10-19(22)13-21(20)23)24-14-16-6-5-9-18(12-16)17-7-3-2-4-8-17/h2-15H,1H3/b24-14+. The highest BCUT2D eigenvalue weighted by atomic mass is 19.1. The van der Waals surface area contributed by atoms with E-state index in [9.17, 15) is 8.78 Å². The average molecular weight is 321 g/mol. The summed E-state index contributed by atoms with van der Waals surface area (Å²) in [6.07, 6.45) is 1.72. The molecule has 1 unspecified atom stereocenters. The van der Waals surface area contributed by atoms with Crippen LogP contribution in [0.1, 0.15) is 24.1 Å². The Hall–Kier alpha value is -2.81. The maximum atomic E-state index is 13.8. The van der Waals surface area contributed by atoms with Gasteiger partial charge in [0.05, 0.1) is 6.04 Å². The van der Waals surface area contributed by atoms with Crippen LogP contribution in [0.25, 0.3) is 11.1 Å². The molecule has 3 rings (SSSR count). The van der Waals surface area contributed by atoms with Crippen molar-refractivity contribution in [3.8, 4) is 11.1 Å². The van der Waals surface area contributed by atoms with Crippen LogP contribution < -0.4 is 0 Å². The maximum Gasteiger partial charge on any atom is 0.131 e. The van der Waals surface area contributed by atoms with E-state index >= 15 is 0 Å². The Morgan fingerprint density at radius 3 is 2.33 bits per heavy atom. The summed E-state index contributed by atoms with van der Waals surface area (Å²) in [7, 11) is 0. The van der Waals surface area contributed by atoms with Crippen molar-refractivity contribution in [2.75, 3.05) is 0 Å². The number of aliphatic imine (C=N–C) groups is 1. The molecule has 3 aromatic carbocycles. The van der Waals surface area contributed by atoms with Crippen LogP contribution in [0, 0.1) is 11.6 Å². The first-order valence-electron chi connectivity index (χ1n) is 7.77. The summed E-state index contributed by atoms with van der Waals surface area (Å²) in [4.78, 5) is 4.40. The Labute approximate surface area is 140 Å². The van der Waals surface area contributed by atoms with E-state index in [-0.39, 0.29) is 6.04 Å². The van der Waals surface area contributed by atoms with Crippen LogP contribution >= 0.6 is 0 Å². The van der Waals surface area contributed by atoms with Crippen molar-refractivity contribution >= 4 is 6.21 Å². The van der Waals surface area contributed by atoms with Gasteiger partial charge in [-0.15, -0.1) is 0 Å². The van der Waals surface area contributed by atoms with Gasteiger partial charge in [0.2, 0.25) is 0 Å². The van der Waals surface area contributed by atoms with Gasteiger partial charge in [0.15, 0.2) is 0 Å². The molecule has 0 spiro atoms. The van der Waals surface area contributed by atoms with Gasteiger partial charge in [-0.3, -0.25) is 4.99 Å². The van der Waals surface area contributed by atoms with Crippen LogP contribution in [0.3, 0.4) is 0 Å². The molecule has 0 bridgehead atoms. The summed E-state index contributed by atoms with van der Waals surface area (Å²) in [5.41, 5.74) is 3.54. The van der Waals surface area contributed by atoms with Gasteiger partial charge >= 0.3 is 0 Å². The third-order valence-corrected chi connectivity index (χ3v) is 3.85. The number of benzene rings is 3. The molecule has 24 heavy (non-hydrogen) atoms. The largest absolute Gasteiger partial charge is 0.285 e. The number of nitrogens with zero attached hydrogens (tertiary/aromatic N) is 1. The molecule has 0 aliphatic carbocycles. The van der Waals surface area contributed by atoms with Gasteiger partial charge < -0.3 is 0 Å². The van der Waals surface area contributed by atoms with Crippen molar-refractivity contribution in [2.24, 2.45) is 4.99 Å². The molecule has 1 atom stereocenters. The molecule has 120 valence electrons. The van der Waals surface area contributed by atoms with Crippen molar-refractivity contribution in [1.29, 1.82) is 0 Å². The highest BCUT2D eigenvalue weighted by molar-refractivity contribution is 5.82. The van der Waals surface area contributed by atoms with Crippen molar-refractivity contribution < 1.29 is 8.78 Å². The highest BCUT2D eigenvalue weighted by Gasteiger charge is 2.10. The van der Waals surface area contributed by atoms with Crippen molar-refractivity contribution in [1.82, 2.24) is 0 Å². The van der Waals surface area contributed by atoms with E-state index in [0.717, 1.165) is 22.8 Å². The number of hydrogen-bond donors (Lipinski definition) is 0. The monoisotopic (exact) mass is 321 g/mol. The quantitative estimate of drug-likeness (QED) is 0.538. The summed E-state index contributed by atoms with van der Waals surface area (Å²) >= 11 is 0. The SMILES string of the molecule is CC(/N=C/c1cccc(-c2ccccc2)c1)c1ccc(F)cc1F. The van der Waals surface area contributed by atoms with Crippen molar-refractivity contribution in [2.45, 2.75) is 13.0 Å². The predicted molar refractivity (Wildman–Crippen MR) is 94.2 cm³/mol. The van der Waals surface area contributed by atoms with Gasteiger partial charge in [-0.2, -0.15) is 0 Å². The van der Waals surface area contributed by atoms with Crippen molar-refractivity contribution in [3.63, 3.8) is 0 Å². The van der Waals surface area contributed by atoms with E-state index in [1.165, 1.54) is 12.1 Å². The molecule has 0 radical (unpaired) electrons. The van der Waals surface area contributed by atoms with Crippen LogP contribution in [0.5, 0.6) is 0 Å². The summed E-state index contributed by atoms with van der Waals surface area (Å²) in [5.74, 6) is -1.15. The van der Waals surface area contributed by atoms with Gasteiger partial charge in [0.25, 0.3) is 0 Å². The van der Waals surface area contributed by atoms with E-state index in [1.54, 1.807) is 13.1 Å². The number of hydrogen-bond acceptors (Lipinski definition) is 1. The fourth-order valence-electron chi connectivity index (χ4n) is 2.55. The second-order valence-electron chi connectivity index (χ2n) is 5.61. The molecule has 1 nitrogen and oxygen atoms in total. The summed E-state index contributed by atoms with van der Waals surface area (Å²) in [6.45, 7) is 1.79. The molecule has 3 aromatic rings. The van der Waals surface area contributed by atoms with Gasteiger partial charge in [-0.1, -0.05) is 54.6 Å². The minimum atomic E-state index is -0.581. The molecule has 0 heterocycles. The summed E-state index contributed by atoms with van der Waals surface area (Å²) < 4.78 is 26.8. The van der Waals surface area contributed by atoms with E-state index in [0.29, 0.717) is 5.56 Å². The van der Waals surface area contributed by atoms with Crippen LogP contribution in [0.4, 0.5) is 8.78 Å². The van der Waals surface area contributed by atoms with E-state index in [2.05, 4.69) is 4.99 Å². The van der Waals surface area contributed by atoms with Gasteiger partial charge in [0, 0.05) is 17.8 Å². The number of halogens is 2. The van der Waals surface area contributed by atoms with E-state index in [4.69, 9.17) is 0 Å². The molecular weight excluding hydrogens is 304 g/mol. The Morgan fingerprint density at radius 1 is 0.833 bits per heavy atom. The van der Waals surface area contributed by atoms with Gasteiger partial charge in [-0.25, -0.2) is 8.78 Å². The van der Waals surface area contributed by atoms with Crippen LogP contribution in [0.15, 0.2) is 77.8 Å². The maximum absolute atomic E-state index is 13.8. The zero-order valence-electron chi connectivity index (χ0n) is 13.3. The smallest absolute Gasteiger partial charge is 0.131 e. The van der Waals surface area contributed by atoms with Gasteiger partial charge in [-0.05, 0) is 35.7 Å². The molecule has 3 heteroatoms. The summed E-state index contributed by atoms with van der Waals surface area (Å²) in [5, 5.41) is 0. The third kappa shape index (κ3) is 3.74. The first-order valence-corrected chi connectivity index (χ1v) is 7.77. The fourth-order valence-corrected chi connectivity index (χ4v) is 2.55. The lowest BCUT2D eigenvalue weighted by atomic mass is 10.0. The molecule has 0 fully saturated rings. The Balaban J connectivity index is 1.82. The van der Waals surface area contributed by atoms with Gasteiger partial charge in [0.1, 0.15) is 11.6 Å². The Bertz CT molecular complexity index is 857. The molecule has 0 N–H and O–H groups in total. The molecule has 0 aliphatic heterocycles. The van der Waals surface area contributed by atoms with Crippen LogP contribution in [-0.2, 0) is 0 Å². The first-order chi connectivity index (χ1) is 11.6. The van der Waals surface area contributed by atoms with E-state index in [1.807, 2.05) is 54.6 Å². The Kier molecular flexibility index (Phi) is 4.80. The minimum Gasteiger partial charge on any atom is -0.285 e. The fraction of sp³-hybridized carbons (Fsp3) is 0.0952. The average Bonchev–Trinajstić information content (AvgIpc) is 2.61. The molecule has 0 amide bonds. The topological polar surface area (TPSA) is 12.4 Å². The Morgan fingerprint density at radius 2 is 1.58 bits per heavy atom. The lowest BCUT2D eigenvalue weighted by molar-refractivity contribution is 0.563. The minimum absolute atomic E-state index is 0.381. The normalized spacial score (nSPS) is 12.5. The second-order valence-corrected chi connectivity index (χ2v) is 5.61. The van der Waals surface area contributed by atoms with Crippen LogP contribution in [-0.4, -0.2) is 6.21 Å². The first kappa shape index (κ1) is 16.1. The predicted octanol–water partition coefficient (Wildman–Crippen LogP) is 5.81. The second kappa shape index (κ2) is 7.18. The zero-order chi connectivity index (χ0) is 16.9. The summed E-state index contributed by atoms with van der Waals surface area (Å²) in [6, 6.07) is 21.2. The molecule has 0 saturated heterocycles. The lowest BCUT2D eigenvalue weighted by Crippen LogP contribution is -1.96. The number of rotatable bonds is 4. The van der Waals surface area contributed by atoms with Crippen LogP contribution in [0.2, 0.25) is 0 Å². The lowest BCUT2D eigenvalue weighted by Gasteiger charge is -2.08. The molecule has 0 saturated carbocycles. The highest BCUT2D eigenvalue weighted by Crippen LogP contribution is 2.22. The molecular formula is C21H17F2N. The molecule has 0 aliphatic rings.